The molecule has 1 fully saturated rings. The van der Waals surface area contributed by atoms with E-state index in [1.807, 2.05) is 29.2 Å². The number of thioether (sulfide) groups is 1. The van der Waals surface area contributed by atoms with E-state index in [1.54, 1.807) is 14.2 Å². The molecule has 6 nitrogen and oxygen atoms in total. The summed E-state index contributed by atoms with van der Waals surface area (Å²) in [6, 6.07) is 7.70. The molecule has 0 atom stereocenters. The van der Waals surface area contributed by atoms with Gasteiger partial charge in [0.1, 0.15) is 5.75 Å². The van der Waals surface area contributed by atoms with E-state index < -0.39 is 0 Å². The second kappa shape index (κ2) is 8.79. The number of likely N-dealkylation sites (N-methyl/N-ethyl adjacent to an activating group) is 1. The van der Waals surface area contributed by atoms with E-state index in [9.17, 15) is 9.59 Å². The zero-order valence-electron chi connectivity index (χ0n) is 13.6. The van der Waals surface area contributed by atoms with Crippen LogP contribution in [0.15, 0.2) is 29.2 Å². The molecule has 1 aromatic carbocycles. The SMILES string of the molecule is CNC(=O)CN1CCN(C(=O)CSc2ccc(OC)cc2)CC1. The van der Waals surface area contributed by atoms with E-state index in [0.29, 0.717) is 25.4 Å². The molecule has 1 heterocycles. The van der Waals surface area contributed by atoms with E-state index in [0.717, 1.165) is 23.7 Å². The van der Waals surface area contributed by atoms with Crippen molar-refractivity contribution in [3.8, 4) is 5.75 Å². The minimum absolute atomic E-state index is 0.0137. The molecule has 0 aliphatic carbocycles. The Kier molecular flexibility index (Phi) is 6.73. The van der Waals surface area contributed by atoms with Crippen molar-refractivity contribution in [3.63, 3.8) is 0 Å². The summed E-state index contributed by atoms with van der Waals surface area (Å²) in [6.45, 7) is 3.25. The van der Waals surface area contributed by atoms with Crippen molar-refractivity contribution in [3.05, 3.63) is 24.3 Å². The highest BCUT2D eigenvalue weighted by Gasteiger charge is 2.22. The second-order valence-electron chi connectivity index (χ2n) is 5.29. The van der Waals surface area contributed by atoms with Crippen molar-refractivity contribution in [2.75, 3.05) is 52.6 Å². The quantitative estimate of drug-likeness (QED) is 0.774. The first-order valence-corrected chi connectivity index (χ1v) is 8.58. The number of nitrogens with one attached hydrogen (secondary N) is 1. The van der Waals surface area contributed by atoms with Gasteiger partial charge >= 0.3 is 0 Å². The van der Waals surface area contributed by atoms with Crippen molar-refractivity contribution >= 4 is 23.6 Å². The van der Waals surface area contributed by atoms with Gasteiger partial charge in [0.15, 0.2) is 0 Å². The molecule has 1 aliphatic heterocycles. The fourth-order valence-corrected chi connectivity index (χ4v) is 3.15. The van der Waals surface area contributed by atoms with Crippen LogP contribution in [0, 0.1) is 0 Å². The molecule has 126 valence electrons. The van der Waals surface area contributed by atoms with Crippen molar-refractivity contribution in [2.24, 2.45) is 0 Å². The van der Waals surface area contributed by atoms with Crippen LogP contribution < -0.4 is 10.1 Å². The van der Waals surface area contributed by atoms with Crippen LogP contribution in [0.1, 0.15) is 0 Å². The van der Waals surface area contributed by atoms with Gasteiger partial charge in [0.25, 0.3) is 0 Å². The number of nitrogens with zero attached hydrogens (tertiary/aromatic N) is 2. The Bertz CT molecular complexity index is 528. The molecule has 7 heteroatoms. The summed E-state index contributed by atoms with van der Waals surface area (Å²) >= 11 is 1.53. The molecular weight excluding hydrogens is 314 g/mol. The average Bonchev–Trinajstić information content (AvgIpc) is 2.60. The number of hydrogen-bond acceptors (Lipinski definition) is 5. The van der Waals surface area contributed by atoms with Crippen molar-refractivity contribution in [1.29, 1.82) is 0 Å². The number of piperazine rings is 1. The van der Waals surface area contributed by atoms with Crippen LogP contribution in [0.5, 0.6) is 5.75 Å². The summed E-state index contributed by atoms with van der Waals surface area (Å²) in [5.41, 5.74) is 0. The summed E-state index contributed by atoms with van der Waals surface area (Å²) in [4.78, 5) is 28.6. The highest BCUT2D eigenvalue weighted by Crippen LogP contribution is 2.21. The molecule has 2 amide bonds. The van der Waals surface area contributed by atoms with Crippen LogP contribution >= 0.6 is 11.8 Å². The van der Waals surface area contributed by atoms with Gasteiger partial charge in [-0.1, -0.05) is 0 Å². The minimum atomic E-state index is 0.0137. The molecule has 1 aliphatic rings. The van der Waals surface area contributed by atoms with Gasteiger partial charge in [-0.15, -0.1) is 11.8 Å². The largest absolute Gasteiger partial charge is 0.497 e. The zero-order valence-corrected chi connectivity index (χ0v) is 14.4. The summed E-state index contributed by atoms with van der Waals surface area (Å²) in [5.74, 6) is 1.40. The molecule has 0 spiro atoms. The van der Waals surface area contributed by atoms with Gasteiger partial charge in [0, 0.05) is 38.1 Å². The molecule has 0 aromatic heterocycles. The number of ether oxygens (including phenoxy) is 1. The van der Waals surface area contributed by atoms with E-state index >= 15 is 0 Å². The molecule has 0 saturated carbocycles. The number of methoxy groups -OCH3 is 1. The highest BCUT2D eigenvalue weighted by molar-refractivity contribution is 8.00. The lowest BCUT2D eigenvalue weighted by atomic mass is 10.3. The third-order valence-corrected chi connectivity index (χ3v) is 4.79. The lowest BCUT2D eigenvalue weighted by molar-refractivity contribution is -0.130. The Morgan fingerprint density at radius 3 is 2.39 bits per heavy atom. The molecule has 1 aromatic rings. The number of rotatable bonds is 6. The molecule has 23 heavy (non-hydrogen) atoms. The summed E-state index contributed by atoms with van der Waals surface area (Å²) in [7, 11) is 3.27. The van der Waals surface area contributed by atoms with Gasteiger partial charge in [0.2, 0.25) is 11.8 Å². The fraction of sp³-hybridized carbons (Fsp3) is 0.500. The summed E-state index contributed by atoms with van der Waals surface area (Å²) in [6.07, 6.45) is 0. The Morgan fingerprint density at radius 2 is 1.83 bits per heavy atom. The minimum Gasteiger partial charge on any atom is -0.497 e. The first-order valence-electron chi connectivity index (χ1n) is 7.60. The van der Waals surface area contributed by atoms with E-state index in [4.69, 9.17) is 4.74 Å². The third kappa shape index (κ3) is 5.44. The van der Waals surface area contributed by atoms with Crippen LogP contribution in [-0.2, 0) is 9.59 Å². The molecule has 0 radical (unpaired) electrons. The topological polar surface area (TPSA) is 61.9 Å². The maximum absolute atomic E-state index is 12.3. The van der Waals surface area contributed by atoms with E-state index in [2.05, 4.69) is 10.2 Å². The monoisotopic (exact) mass is 337 g/mol. The molecule has 0 bridgehead atoms. The number of carbonyl (C=O) groups excluding carboxylic acids is 2. The van der Waals surface area contributed by atoms with Gasteiger partial charge in [-0.05, 0) is 24.3 Å². The standard InChI is InChI=1S/C16H23N3O3S/c1-17-15(20)11-18-7-9-19(10-8-18)16(21)12-23-14-5-3-13(22-2)4-6-14/h3-6H,7-12H2,1-2H3,(H,17,20). The van der Waals surface area contributed by atoms with Crippen molar-refractivity contribution < 1.29 is 14.3 Å². The fourth-order valence-electron chi connectivity index (χ4n) is 2.35. The Hall–Kier alpha value is -1.73. The Morgan fingerprint density at radius 1 is 1.17 bits per heavy atom. The van der Waals surface area contributed by atoms with Gasteiger partial charge < -0.3 is 15.0 Å². The number of benzene rings is 1. The predicted molar refractivity (Wildman–Crippen MR) is 90.8 cm³/mol. The highest BCUT2D eigenvalue weighted by atomic mass is 32.2. The lowest BCUT2D eigenvalue weighted by Gasteiger charge is -2.34. The normalized spacial score (nSPS) is 15.3. The first-order chi connectivity index (χ1) is 11.1. The van der Waals surface area contributed by atoms with Gasteiger partial charge in [-0.3, -0.25) is 14.5 Å². The third-order valence-electron chi connectivity index (χ3n) is 3.79. The maximum Gasteiger partial charge on any atom is 0.233 e. The lowest BCUT2D eigenvalue weighted by Crippen LogP contribution is -2.51. The maximum atomic E-state index is 12.3. The first kappa shape index (κ1) is 17.6. The van der Waals surface area contributed by atoms with Crippen LogP contribution in [-0.4, -0.2) is 74.2 Å². The van der Waals surface area contributed by atoms with Crippen LogP contribution in [0.3, 0.4) is 0 Å². The smallest absolute Gasteiger partial charge is 0.233 e. The molecule has 1 saturated heterocycles. The molecule has 2 rings (SSSR count). The molecule has 1 N–H and O–H groups in total. The van der Waals surface area contributed by atoms with Crippen LogP contribution in [0.4, 0.5) is 0 Å². The number of carbonyl (C=O) groups is 2. The molecular formula is C16H23N3O3S. The van der Waals surface area contributed by atoms with Gasteiger partial charge in [-0.2, -0.15) is 0 Å². The van der Waals surface area contributed by atoms with Gasteiger partial charge in [-0.25, -0.2) is 0 Å². The second-order valence-corrected chi connectivity index (χ2v) is 6.34. The zero-order chi connectivity index (χ0) is 16.7. The average molecular weight is 337 g/mol. The van der Waals surface area contributed by atoms with Crippen LogP contribution in [0.2, 0.25) is 0 Å². The Balaban J connectivity index is 1.73. The van der Waals surface area contributed by atoms with E-state index in [-0.39, 0.29) is 11.8 Å². The summed E-state index contributed by atoms with van der Waals surface area (Å²) < 4.78 is 5.12. The molecule has 0 unspecified atom stereocenters. The number of hydrogen-bond donors (Lipinski definition) is 1. The number of amides is 2. The van der Waals surface area contributed by atoms with Crippen molar-refractivity contribution in [2.45, 2.75) is 4.90 Å². The van der Waals surface area contributed by atoms with Gasteiger partial charge in [0.05, 0.1) is 19.4 Å². The van der Waals surface area contributed by atoms with Crippen molar-refractivity contribution in [1.82, 2.24) is 15.1 Å². The van der Waals surface area contributed by atoms with E-state index in [1.165, 1.54) is 11.8 Å². The predicted octanol–water partition coefficient (Wildman–Crippen LogP) is 0.677. The Labute approximate surface area is 141 Å². The van der Waals surface area contributed by atoms with Crippen LogP contribution in [0.25, 0.3) is 0 Å². The summed E-state index contributed by atoms with van der Waals surface area (Å²) in [5, 5.41) is 2.62.